The van der Waals surface area contributed by atoms with Crippen molar-refractivity contribution >= 4 is 23.2 Å². The van der Waals surface area contributed by atoms with Gasteiger partial charge >= 0.3 is 0 Å². The predicted octanol–water partition coefficient (Wildman–Crippen LogP) is 3.48. The van der Waals surface area contributed by atoms with Crippen LogP contribution in [0.5, 0.6) is 0 Å². The fraction of sp³-hybridized carbons (Fsp3) is 0.227. The lowest BCUT2D eigenvalue weighted by Gasteiger charge is -2.19. The van der Waals surface area contributed by atoms with Crippen LogP contribution < -0.4 is 10.2 Å². The van der Waals surface area contributed by atoms with Crippen LogP contribution in [0.4, 0.5) is 11.4 Å². The molecule has 3 aromatic rings. The number of nitrogens with one attached hydrogen (secondary N) is 1. The van der Waals surface area contributed by atoms with Gasteiger partial charge in [-0.3, -0.25) is 9.59 Å². The summed E-state index contributed by atoms with van der Waals surface area (Å²) in [5.41, 5.74) is 4.63. The van der Waals surface area contributed by atoms with Crippen molar-refractivity contribution < 1.29 is 9.59 Å². The van der Waals surface area contributed by atoms with Gasteiger partial charge in [-0.2, -0.15) is 5.10 Å². The SMILES string of the molecule is Cc1ccc(N2CC(C(=O)Nc3cccc(-n4cccn4)c3)CC2=O)c(C)c1. The standard InChI is InChI=1S/C22H22N4O2/c1-15-7-8-20(16(2)11-15)25-14-17(12-21(25)27)22(28)24-18-5-3-6-19(13-18)26-10-4-9-23-26/h3-11,13,17H,12,14H2,1-2H3,(H,24,28). The summed E-state index contributed by atoms with van der Waals surface area (Å²) in [6, 6.07) is 15.3. The lowest BCUT2D eigenvalue weighted by Crippen LogP contribution is -2.28. The number of amides is 2. The number of hydrogen-bond donors (Lipinski definition) is 1. The molecule has 6 nitrogen and oxygen atoms in total. The number of benzene rings is 2. The minimum atomic E-state index is -0.374. The van der Waals surface area contributed by atoms with Crippen molar-refractivity contribution in [3.8, 4) is 5.69 Å². The van der Waals surface area contributed by atoms with Crippen LogP contribution in [-0.4, -0.2) is 28.1 Å². The van der Waals surface area contributed by atoms with Crippen molar-refractivity contribution in [3.05, 3.63) is 72.1 Å². The third-order valence-electron chi connectivity index (χ3n) is 5.02. The fourth-order valence-electron chi connectivity index (χ4n) is 3.62. The van der Waals surface area contributed by atoms with Crippen LogP contribution in [0, 0.1) is 19.8 Å². The van der Waals surface area contributed by atoms with E-state index in [2.05, 4.69) is 16.5 Å². The van der Waals surface area contributed by atoms with Gasteiger partial charge in [0.15, 0.2) is 0 Å². The summed E-state index contributed by atoms with van der Waals surface area (Å²) in [4.78, 5) is 27.0. The maximum atomic E-state index is 12.8. The molecule has 0 bridgehead atoms. The molecule has 1 fully saturated rings. The smallest absolute Gasteiger partial charge is 0.229 e. The maximum Gasteiger partial charge on any atom is 0.229 e. The van der Waals surface area contributed by atoms with Gasteiger partial charge in [-0.05, 0) is 49.7 Å². The van der Waals surface area contributed by atoms with E-state index in [0.29, 0.717) is 12.2 Å². The monoisotopic (exact) mass is 374 g/mol. The Morgan fingerprint density at radius 1 is 1.14 bits per heavy atom. The number of nitrogens with zero attached hydrogens (tertiary/aromatic N) is 3. The van der Waals surface area contributed by atoms with E-state index >= 15 is 0 Å². The van der Waals surface area contributed by atoms with E-state index in [0.717, 1.165) is 22.5 Å². The fourth-order valence-corrected chi connectivity index (χ4v) is 3.62. The zero-order chi connectivity index (χ0) is 19.7. The Balaban J connectivity index is 1.47. The molecule has 1 N–H and O–H groups in total. The number of carbonyl (C=O) groups excluding carboxylic acids is 2. The van der Waals surface area contributed by atoms with E-state index in [1.807, 2.05) is 62.5 Å². The molecular weight excluding hydrogens is 352 g/mol. The zero-order valence-electron chi connectivity index (χ0n) is 15.9. The second-order valence-electron chi connectivity index (χ2n) is 7.19. The zero-order valence-corrected chi connectivity index (χ0v) is 15.9. The van der Waals surface area contributed by atoms with Crippen molar-refractivity contribution in [2.75, 3.05) is 16.8 Å². The summed E-state index contributed by atoms with van der Waals surface area (Å²) >= 11 is 0. The van der Waals surface area contributed by atoms with Gasteiger partial charge in [0, 0.05) is 36.7 Å². The second-order valence-corrected chi connectivity index (χ2v) is 7.19. The van der Waals surface area contributed by atoms with Crippen LogP contribution in [-0.2, 0) is 9.59 Å². The van der Waals surface area contributed by atoms with Crippen LogP contribution >= 0.6 is 0 Å². The van der Waals surface area contributed by atoms with Crippen LogP contribution in [0.25, 0.3) is 5.69 Å². The van der Waals surface area contributed by atoms with E-state index in [1.165, 1.54) is 0 Å². The maximum absolute atomic E-state index is 12.8. The Hall–Kier alpha value is -3.41. The lowest BCUT2D eigenvalue weighted by atomic mass is 10.1. The van der Waals surface area contributed by atoms with Crippen LogP contribution in [0.3, 0.4) is 0 Å². The Bertz CT molecular complexity index is 1030. The highest BCUT2D eigenvalue weighted by Gasteiger charge is 2.35. The summed E-state index contributed by atoms with van der Waals surface area (Å²) in [5.74, 6) is -0.530. The molecule has 1 saturated heterocycles. The first kappa shape index (κ1) is 18.0. The van der Waals surface area contributed by atoms with Crippen molar-refractivity contribution in [1.82, 2.24) is 9.78 Å². The highest BCUT2D eigenvalue weighted by atomic mass is 16.2. The molecule has 1 aromatic heterocycles. The molecule has 4 rings (SSSR count). The third kappa shape index (κ3) is 3.53. The second kappa shape index (κ2) is 7.31. The molecule has 2 heterocycles. The van der Waals surface area contributed by atoms with Crippen molar-refractivity contribution in [2.24, 2.45) is 5.92 Å². The van der Waals surface area contributed by atoms with E-state index < -0.39 is 0 Å². The molecule has 0 aliphatic carbocycles. The molecule has 2 amide bonds. The van der Waals surface area contributed by atoms with Gasteiger partial charge < -0.3 is 10.2 Å². The molecule has 1 unspecified atom stereocenters. The van der Waals surface area contributed by atoms with Crippen LogP contribution in [0.15, 0.2) is 60.9 Å². The molecule has 0 spiro atoms. The van der Waals surface area contributed by atoms with Crippen molar-refractivity contribution in [2.45, 2.75) is 20.3 Å². The first-order valence-electron chi connectivity index (χ1n) is 9.30. The van der Waals surface area contributed by atoms with E-state index in [-0.39, 0.29) is 24.2 Å². The Kier molecular flexibility index (Phi) is 4.69. The Labute approximate surface area is 163 Å². The summed E-state index contributed by atoms with van der Waals surface area (Å²) in [6.45, 7) is 4.41. The molecule has 1 aliphatic heterocycles. The summed E-state index contributed by atoms with van der Waals surface area (Å²) in [5, 5.41) is 7.15. The van der Waals surface area contributed by atoms with Crippen LogP contribution in [0.2, 0.25) is 0 Å². The highest BCUT2D eigenvalue weighted by molar-refractivity contribution is 6.03. The van der Waals surface area contributed by atoms with Gasteiger partial charge in [0.25, 0.3) is 0 Å². The van der Waals surface area contributed by atoms with Crippen molar-refractivity contribution in [3.63, 3.8) is 0 Å². The number of hydrogen-bond acceptors (Lipinski definition) is 3. The number of aryl methyl sites for hydroxylation is 2. The summed E-state index contributed by atoms with van der Waals surface area (Å²) in [7, 11) is 0. The topological polar surface area (TPSA) is 67.2 Å². The Morgan fingerprint density at radius 3 is 2.75 bits per heavy atom. The minimum absolute atomic E-state index is 0.0163. The quantitative estimate of drug-likeness (QED) is 0.760. The molecule has 0 saturated carbocycles. The predicted molar refractivity (Wildman–Crippen MR) is 109 cm³/mol. The number of carbonyl (C=O) groups is 2. The van der Waals surface area contributed by atoms with E-state index in [9.17, 15) is 9.59 Å². The van der Waals surface area contributed by atoms with E-state index in [1.54, 1.807) is 15.8 Å². The normalized spacial score (nSPS) is 16.4. The first-order valence-corrected chi connectivity index (χ1v) is 9.30. The number of anilines is 2. The third-order valence-corrected chi connectivity index (χ3v) is 5.02. The van der Waals surface area contributed by atoms with Gasteiger partial charge in [-0.15, -0.1) is 0 Å². The highest BCUT2D eigenvalue weighted by Crippen LogP contribution is 2.29. The van der Waals surface area contributed by atoms with Gasteiger partial charge in [0.05, 0.1) is 11.6 Å². The summed E-state index contributed by atoms with van der Waals surface area (Å²) in [6.07, 6.45) is 3.77. The molecule has 28 heavy (non-hydrogen) atoms. The van der Waals surface area contributed by atoms with Gasteiger partial charge in [-0.25, -0.2) is 4.68 Å². The largest absolute Gasteiger partial charge is 0.326 e. The van der Waals surface area contributed by atoms with Crippen LogP contribution in [0.1, 0.15) is 17.5 Å². The number of rotatable bonds is 4. The van der Waals surface area contributed by atoms with Gasteiger partial charge in [-0.1, -0.05) is 23.8 Å². The average Bonchev–Trinajstić information content (AvgIpc) is 3.32. The summed E-state index contributed by atoms with van der Waals surface area (Å²) < 4.78 is 1.73. The molecule has 6 heteroatoms. The molecular formula is C22H22N4O2. The molecule has 1 aliphatic rings. The molecule has 0 radical (unpaired) electrons. The van der Waals surface area contributed by atoms with E-state index in [4.69, 9.17) is 0 Å². The molecule has 2 aromatic carbocycles. The lowest BCUT2D eigenvalue weighted by molar-refractivity contribution is -0.122. The molecule has 142 valence electrons. The molecule has 1 atom stereocenters. The Morgan fingerprint density at radius 2 is 2.00 bits per heavy atom. The first-order chi connectivity index (χ1) is 13.5. The average molecular weight is 374 g/mol. The minimum Gasteiger partial charge on any atom is -0.326 e. The number of aromatic nitrogens is 2. The van der Waals surface area contributed by atoms with Gasteiger partial charge in [0.1, 0.15) is 0 Å². The van der Waals surface area contributed by atoms with Gasteiger partial charge in [0.2, 0.25) is 11.8 Å². The van der Waals surface area contributed by atoms with Crippen molar-refractivity contribution in [1.29, 1.82) is 0 Å².